The lowest BCUT2D eigenvalue weighted by atomic mass is 10.1. The van der Waals surface area contributed by atoms with Crippen molar-refractivity contribution in [3.8, 4) is 0 Å². The summed E-state index contributed by atoms with van der Waals surface area (Å²) in [5, 5.41) is 8.58. The van der Waals surface area contributed by atoms with Gasteiger partial charge < -0.3 is 5.11 Å². The molecular weight excluding hydrogens is 128 g/mol. The van der Waals surface area contributed by atoms with E-state index in [1.54, 1.807) is 12.2 Å². The summed E-state index contributed by atoms with van der Waals surface area (Å²) in [5.41, 5.74) is 0. The lowest BCUT2D eigenvalue weighted by Crippen LogP contribution is -2.09. The van der Waals surface area contributed by atoms with Crippen LogP contribution in [0.25, 0.3) is 0 Å². The van der Waals surface area contributed by atoms with Gasteiger partial charge in [-0.2, -0.15) is 0 Å². The van der Waals surface area contributed by atoms with E-state index in [9.17, 15) is 4.79 Å². The van der Waals surface area contributed by atoms with Gasteiger partial charge in [-0.25, -0.2) is 0 Å². The van der Waals surface area contributed by atoms with E-state index in [0.717, 1.165) is 12.8 Å². The number of hydrogen-bond donors (Lipinski definition) is 1. The molecule has 1 rings (SSSR count). The molecule has 1 N–H and O–H groups in total. The number of aliphatic carboxylic acids is 1. The van der Waals surface area contributed by atoms with Crippen LogP contribution in [0.1, 0.15) is 12.8 Å². The first kappa shape index (κ1) is 7.06. The number of hydrogen-bond acceptors (Lipinski definition) is 1. The second-order valence-corrected chi connectivity index (χ2v) is 2.34. The topological polar surface area (TPSA) is 37.3 Å². The maximum absolute atomic E-state index is 10.4. The largest absolute Gasteiger partial charge is 0.481 e. The van der Waals surface area contributed by atoms with E-state index in [-0.39, 0.29) is 5.92 Å². The van der Waals surface area contributed by atoms with E-state index < -0.39 is 5.97 Å². The Balaban J connectivity index is 2.56. The molecule has 0 radical (unpaired) electrons. The highest BCUT2D eigenvalue weighted by molar-refractivity contribution is 5.72. The highest BCUT2D eigenvalue weighted by Crippen LogP contribution is 2.12. The summed E-state index contributed by atoms with van der Waals surface area (Å²) < 4.78 is 0. The average molecular weight is 138 g/mol. The predicted molar refractivity (Wildman–Crippen MR) is 38.6 cm³/mol. The highest BCUT2D eigenvalue weighted by Gasteiger charge is 2.12. The van der Waals surface area contributed by atoms with Crippen molar-refractivity contribution in [1.29, 1.82) is 0 Å². The van der Waals surface area contributed by atoms with E-state index in [0.29, 0.717) is 0 Å². The van der Waals surface area contributed by atoms with Gasteiger partial charge in [0.25, 0.3) is 0 Å². The smallest absolute Gasteiger partial charge is 0.310 e. The molecule has 0 aromatic heterocycles. The molecule has 0 aromatic rings. The third kappa shape index (κ3) is 1.72. The van der Waals surface area contributed by atoms with Crippen LogP contribution >= 0.6 is 0 Å². The van der Waals surface area contributed by atoms with E-state index in [1.807, 2.05) is 12.2 Å². The van der Waals surface area contributed by atoms with Gasteiger partial charge in [-0.05, 0) is 12.8 Å². The first-order valence-electron chi connectivity index (χ1n) is 3.37. The van der Waals surface area contributed by atoms with Crippen molar-refractivity contribution in [2.45, 2.75) is 12.8 Å². The van der Waals surface area contributed by atoms with Crippen molar-refractivity contribution >= 4 is 5.97 Å². The molecule has 0 aromatic carbocycles. The second-order valence-electron chi connectivity index (χ2n) is 2.34. The summed E-state index contributed by atoms with van der Waals surface area (Å²) in [7, 11) is 0. The summed E-state index contributed by atoms with van der Waals surface area (Å²) in [6, 6.07) is 0. The zero-order valence-electron chi connectivity index (χ0n) is 5.66. The Labute approximate surface area is 59.9 Å². The zero-order chi connectivity index (χ0) is 7.40. The molecule has 2 nitrogen and oxygen atoms in total. The molecule has 0 bridgehead atoms. The molecule has 1 unspecified atom stereocenters. The van der Waals surface area contributed by atoms with Crippen LogP contribution in [0.4, 0.5) is 0 Å². The Morgan fingerprint density at radius 2 is 2.30 bits per heavy atom. The number of allylic oxidation sites excluding steroid dienone is 3. The first-order valence-corrected chi connectivity index (χ1v) is 3.37. The van der Waals surface area contributed by atoms with Gasteiger partial charge in [-0.1, -0.05) is 24.3 Å². The molecule has 0 fully saturated rings. The molecule has 0 saturated heterocycles. The van der Waals surface area contributed by atoms with Gasteiger partial charge in [0.1, 0.15) is 0 Å². The summed E-state index contributed by atoms with van der Waals surface area (Å²) in [6.45, 7) is 0. The lowest BCUT2D eigenvalue weighted by molar-refractivity contribution is -0.140. The van der Waals surface area contributed by atoms with Crippen LogP contribution in [-0.2, 0) is 4.79 Å². The van der Waals surface area contributed by atoms with Gasteiger partial charge >= 0.3 is 5.97 Å². The number of carboxylic acids is 1. The molecule has 54 valence electrons. The van der Waals surface area contributed by atoms with Gasteiger partial charge in [0.2, 0.25) is 0 Å². The predicted octanol–water partition coefficient (Wildman–Crippen LogP) is 1.59. The lowest BCUT2D eigenvalue weighted by Gasteiger charge is -2.01. The minimum Gasteiger partial charge on any atom is -0.481 e. The van der Waals surface area contributed by atoms with Crippen LogP contribution in [0.3, 0.4) is 0 Å². The second kappa shape index (κ2) is 3.20. The molecule has 10 heavy (non-hydrogen) atoms. The van der Waals surface area contributed by atoms with E-state index in [4.69, 9.17) is 5.11 Å². The molecule has 2 heteroatoms. The summed E-state index contributed by atoms with van der Waals surface area (Å²) >= 11 is 0. The monoisotopic (exact) mass is 138 g/mol. The maximum atomic E-state index is 10.4. The van der Waals surface area contributed by atoms with Crippen LogP contribution < -0.4 is 0 Å². The number of carbonyl (C=O) groups is 1. The van der Waals surface area contributed by atoms with Crippen LogP contribution in [0.5, 0.6) is 0 Å². The molecule has 1 aliphatic carbocycles. The van der Waals surface area contributed by atoms with Crippen LogP contribution in [0, 0.1) is 5.92 Å². The SMILES string of the molecule is O=C(O)C1C=CC=CCC1. The molecule has 1 aliphatic rings. The third-order valence-corrected chi connectivity index (χ3v) is 1.55. The van der Waals surface area contributed by atoms with Crippen molar-refractivity contribution in [2.75, 3.05) is 0 Å². The van der Waals surface area contributed by atoms with Gasteiger partial charge in [0.05, 0.1) is 5.92 Å². The quantitative estimate of drug-likeness (QED) is 0.597. The van der Waals surface area contributed by atoms with Gasteiger partial charge in [0, 0.05) is 0 Å². The Bertz CT molecular complexity index is 180. The van der Waals surface area contributed by atoms with Crippen molar-refractivity contribution in [2.24, 2.45) is 5.92 Å². The van der Waals surface area contributed by atoms with E-state index in [1.165, 1.54) is 0 Å². The number of rotatable bonds is 1. The van der Waals surface area contributed by atoms with Crippen LogP contribution in [0.15, 0.2) is 24.3 Å². The van der Waals surface area contributed by atoms with Gasteiger partial charge in [-0.15, -0.1) is 0 Å². The summed E-state index contributed by atoms with van der Waals surface area (Å²) in [6.07, 6.45) is 8.99. The fourth-order valence-electron chi connectivity index (χ4n) is 0.951. The molecule has 0 heterocycles. The zero-order valence-corrected chi connectivity index (χ0v) is 5.66. The van der Waals surface area contributed by atoms with Gasteiger partial charge in [-0.3, -0.25) is 4.79 Å². The first-order chi connectivity index (χ1) is 4.80. The molecule has 0 saturated carbocycles. The molecular formula is C8H10O2. The Kier molecular flexibility index (Phi) is 2.26. The van der Waals surface area contributed by atoms with Crippen LogP contribution in [0.2, 0.25) is 0 Å². The summed E-state index contributed by atoms with van der Waals surface area (Å²) in [5.74, 6) is -1.00. The fourth-order valence-corrected chi connectivity index (χ4v) is 0.951. The molecule has 0 aliphatic heterocycles. The normalized spacial score (nSPS) is 24.2. The average Bonchev–Trinajstić information content (AvgIpc) is 2.12. The Hall–Kier alpha value is -1.05. The van der Waals surface area contributed by atoms with Gasteiger partial charge in [0.15, 0.2) is 0 Å². The minimum atomic E-state index is -0.722. The standard InChI is InChI=1S/C8H10O2/c9-8(10)7-5-3-1-2-4-6-7/h1-3,5,7H,4,6H2,(H,9,10). The highest BCUT2D eigenvalue weighted by atomic mass is 16.4. The Morgan fingerprint density at radius 3 is 3.00 bits per heavy atom. The van der Waals surface area contributed by atoms with Crippen LogP contribution in [-0.4, -0.2) is 11.1 Å². The van der Waals surface area contributed by atoms with E-state index in [2.05, 4.69) is 0 Å². The van der Waals surface area contributed by atoms with Crippen molar-refractivity contribution in [3.05, 3.63) is 24.3 Å². The third-order valence-electron chi connectivity index (χ3n) is 1.55. The van der Waals surface area contributed by atoms with Crippen molar-refractivity contribution in [1.82, 2.24) is 0 Å². The van der Waals surface area contributed by atoms with E-state index >= 15 is 0 Å². The maximum Gasteiger partial charge on any atom is 0.310 e. The fraction of sp³-hybridized carbons (Fsp3) is 0.375. The van der Waals surface area contributed by atoms with Crippen molar-refractivity contribution < 1.29 is 9.90 Å². The van der Waals surface area contributed by atoms with Crippen molar-refractivity contribution in [3.63, 3.8) is 0 Å². The molecule has 1 atom stereocenters. The molecule has 0 spiro atoms. The number of carboxylic acid groups (broad SMARTS) is 1. The summed E-state index contributed by atoms with van der Waals surface area (Å²) in [4.78, 5) is 10.4. The minimum absolute atomic E-state index is 0.282. The molecule has 0 amide bonds. The Morgan fingerprint density at radius 1 is 1.50 bits per heavy atom.